The molecule has 0 spiro atoms. The SMILES string of the molecule is [2H]/C=C/C=CC=CC=CC=CCCCCCCCCCC. The van der Waals surface area contributed by atoms with Gasteiger partial charge in [-0.1, -0.05) is 113 Å². The Morgan fingerprint density at radius 1 is 0.700 bits per heavy atom. The molecule has 0 heterocycles. The van der Waals surface area contributed by atoms with Crippen molar-refractivity contribution in [2.24, 2.45) is 0 Å². The molecule has 0 aromatic heterocycles. The molecule has 0 saturated carbocycles. The Hall–Kier alpha value is -1.30. The molecule has 0 atom stereocenters. The maximum Gasteiger partial charge on any atom is 0.0538 e. The lowest BCUT2D eigenvalue weighted by molar-refractivity contribution is 0.577. The predicted molar refractivity (Wildman–Crippen MR) is 94.0 cm³/mol. The van der Waals surface area contributed by atoms with E-state index >= 15 is 0 Å². The molecule has 112 valence electrons. The average molecular weight is 273 g/mol. The molecule has 0 saturated heterocycles. The minimum absolute atomic E-state index is 1.19. The van der Waals surface area contributed by atoms with E-state index in [2.05, 4.69) is 25.2 Å². The Labute approximate surface area is 128 Å². The lowest BCUT2D eigenvalue weighted by Crippen LogP contribution is -1.79. The molecule has 0 radical (unpaired) electrons. The Balaban J connectivity index is 3.36. The van der Waals surface area contributed by atoms with Crippen LogP contribution in [0, 0.1) is 0 Å². The van der Waals surface area contributed by atoms with E-state index in [-0.39, 0.29) is 0 Å². The molecular formula is C20H32. The zero-order chi connectivity index (χ0) is 15.4. The quantitative estimate of drug-likeness (QED) is 0.252. The van der Waals surface area contributed by atoms with Crippen LogP contribution in [0.25, 0.3) is 0 Å². The fourth-order valence-corrected chi connectivity index (χ4v) is 1.96. The van der Waals surface area contributed by atoms with Gasteiger partial charge < -0.3 is 0 Å². The maximum absolute atomic E-state index is 6.81. The predicted octanol–water partition coefficient (Wildman–Crippen LogP) is 6.93. The van der Waals surface area contributed by atoms with Gasteiger partial charge in [0, 0.05) is 0 Å². The van der Waals surface area contributed by atoms with E-state index < -0.39 is 0 Å². The summed E-state index contributed by atoms with van der Waals surface area (Å²) in [6, 6.07) is 0. The second-order valence-corrected chi connectivity index (χ2v) is 5.04. The smallest absolute Gasteiger partial charge is 0.0538 e. The summed E-state index contributed by atoms with van der Waals surface area (Å²) in [5.41, 5.74) is 0. The van der Waals surface area contributed by atoms with E-state index in [4.69, 9.17) is 1.37 Å². The second-order valence-electron chi connectivity index (χ2n) is 5.04. The first-order valence-corrected chi connectivity index (χ1v) is 8.12. The summed E-state index contributed by atoms with van der Waals surface area (Å²) in [5, 5.41) is 0. The average Bonchev–Trinajstić information content (AvgIpc) is 2.50. The molecule has 0 amide bonds. The van der Waals surface area contributed by atoms with Gasteiger partial charge in [-0.15, -0.1) is 0 Å². The molecule has 0 unspecified atom stereocenters. The minimum atomic E-state index is 1.19. The first-order valence-electron chi connectivity index (χ1n) is 8.69. The molecule has 20 heavy (non-hydrogen) atoms. The van der Waals surface area contributed by atoms with Crippen molar-refractivity contribution < 1.29 is 1.37 Å². The van der Waals surface area contributed by atoms with Gasteiger partial charge in [-0.3, -0.25) is 0 Å². The van der Waals surface area contributed by atoms with Gasteiger partial charge in [-0.2, -0.15) is 0 Å². The highest BCUT2D eigenvalue weighted by Gasteiger charge is 1.89. The molecule has 0 rings (SSSR count). The minimum Gasteiger partial charge on any atom is -0.0991 e. The molecule has 0 heteroatoms. The van der Waals surface area contributed by atoms with Gasteiger partial charge in [-0.05, 0) is 12.8 Å². The summed E-state index contributed by atoms with van der Waals surface area (Å²) >= 11 is 0. The topological polar surface area (TPSA) is 0 Å². The van der Waals surface area contributed by atoms with E-state index in [0.717, 1.165) is 0 Å². The summed E-state index contributed by atoms with van der Waals surface area (Å²) in [6.45, 7) is 3.54. The molecule has 0 aromatic rings. The zero-order valence-electron chi connectivity index (χ0n) is 14.1. The molecule has 0 aliphatic rings. The third-order valence-corrected chi connectivity index (χ3v) is 3.14. The molecular weight excluding hydrogens is 240 g/mol. The highest BCUT2D eigenvalue weighted by Crippen LogP contribution is 2.09. The van der Waals surface area contributed by atoms with Crippen LogP contribution in [0.1, 0.15) is 66.1 Å². The summed E-state index contributed by atoms with van der Waals surface area (Å²) in [5.74, 6) is 0. The molecule has 0 aliphatic heterocycles. The monoisotopic (exact) mass is 273 g/mol. The van der Waals surface area contributed by atoms with Crippen molar-refractivity contribution in [3.05, 3.63) is 61.2 Å². The Morgan fingerprint density at radius 3 is 1.90 bits per heavy atom. The van der Waals surface area contributed by atoms with Crippen molar-refractivity contribution in [3.8, 4) is 0 Å². The third kappa shape index (κ3) is 16.7. The van der Waals surface area contributed by atoms with Crippen LogP contribution in [0.4, 0.5) is 0 Å². The van der Waals surface area contributed by atoms with Crippen molar-refractivity contribution >= 4 is 0 Å². The number of hydrogen-bond acceptors (Lipinski definition) is 0. The van der Waals surface area contributed by atoms with Crippen LogP contribution < -0.4 is 0 Å². The second kappa shape index (κ2) is 17.7. The summed E-state index contributed by atoms with van der Waals surface area (Å²) in [6.07, 6.45) is 30.1. The van der Waals surface area contributed by atoms with Crippen molar-refractivity contribution in [1.29, 1.82) is 0 Å². The fraction of sp³-hybridized carbons (Fsp3) is 0.500. The number of allylic oxidation sites excluding steroid dienone is 9. The van der Waals surface area contributed by atoms with Crippen LogP contribution in [0.3, 0.4) is 0 Å². The first kappa shape index (κ1) is 16.8. The normalized spacial score (nSPS) is 13.8. The van der Waals surface area contributed by atoms with Crippen LogP contribution in [-0.4, -0.2) is 0 Å². The van der Waals surface area contributed by atoms with E-state index in [1.807, 2.05) is 30.4 Å². The molecule has 0 aliphatic carbocycles. The maximum atomic E-state index is 6.81. The van der Waals surface area contributed by atoms with E-state index in [0.29, 0.717) is 0 Å². The van der Waals surface area contributed by atoms with Crippen molar-refractivity contribution in [1.82, 2.24) is 0 Å². The summed E-state index contributed by atoms with van der Waals surface area (Å²) in [7, 11) is 0. The molecule has 0 fully saturated rings. The van der Waals surface area contributed by atoms with Crippen LogP contribution in [0.5, 0.6) is 0 Å². The van der Waals surface area contributed by atoms with Gasteiger partial charge in [0.2, 0.25) is 0 Å². The Bertz CT molecular complexity index is 332. The highest BCUT2D eigenvalue weighted by atomic mass is 14.0. The van der Waals surface area contributed by atoms with Gasteiger partial charge >= 0.3 is 0 Å². The fourth-order valence-electron chi connectivity index (χ4n) is 1.96. The summed E-state index contributed by atoms with van der Waals surface area (Å²) < 4.78 is 6.81. The molecule has 0 bridgehead atoms. The van der Waals surface area contributed by atoms with Gasteiger partial charge in [0.05, 0.1) is 1.37 Å². The number of unbranched alkanes of at least 4 members (excludes halogenated alkanes) is 8. The van der Waals surface area contributed by atoms with Gasteiger partial charge in [0.15, 0.2) is 0 Å². The highest BCUT2D eigenvalue weighted by molar-refractivity contribution is 5.17. The Kier molecular flexibility index (Phi) is 14.8. The number of hydrogen-bond donors (Lipinski definition) is 0. The lowest BCUT2D eigenvalue weighted by Gasteiger charge is -1.99. The molecule has 0 N–H and O–H groups in total. The van der Waals surface area contributed by atoms with Gasteiger partial charge in [0.25, 0.3) is 0 Å². The zero-order valence-corrected chi connectivity index (χ0v) is 13.1. The van der Waals surface area contributed by atoms with Crippen LogP contribution in [0.15, 0.2) is 61.2 Å². The van der Waals surface area contributed by atoms with E-state index in [1.54, 1.807) is 6.08 Å². The Morgan fingerprint density at radius 2 is 1.25 bits per heavy atom. The van der Waals surface area contributed by atoms with E-state index in [1.165, 1.54) is 64.3 Å². The van der Waals surface area contributed by atoms with E-state index in [9.17, 15) is 0 Å². The van der Waals surface area contributed by atoms with Crippen LogP contribution >= 0.6 is 0 Å². The number of rotatable bonds is 13. The van der Waals surface area contributed by atoms with Crippen LogP contribution in [-0.2, 0) is 0 Å². The van der Waals surface area contributed by atoms with Crippen molar-refractivity contribution in [3.63, 3.8) is 0 Å². The largest absolute Gasteiger partial charge is 0.0991 e. The van der Waals surface area contributed by atoms with Crippen molar-refractivity contribution in [2.75, 3.05) is 0 Å². The van der Waals surface area contributed by atoms with Crippen LogP contribution in [0.2, 0.25) is 0 Å². The molecule has 0 nitrogen and oxygen atoms in total. The van der Waals surface area contributed by atoms with Crippen molar-refractivity contribution in [2.45, 2.75) is 64.7 Å². The van der Waals surface area contributed by atoms with Gasteiger partial charge in [0.1, 0.15) is 0 Å². The summed E-state index contributed by atoms with van der Waals surface area (Å²) in [4.78, 5) is 0. The standard InChI is InChI=1S/C20H32/c1-3-5-7-9-11-13-15-17-19-20-18-16-14-12-10-8-6-4-2/h3,5,7,9,11,13,15,17,19H,1,4,6,8,10,12,14,16,18,20H2,2H3/i1D/b3-1+,7-5?,11-9?,15-13?,19-17?. The third-order valence-electron chi connectivity index (χ3n) is 3.14. The first-order chi connectivity index (χ1) is 10.4. The van der Waals surface area contributed by atoms with Gasteiger partial charge in [-0.25, -0.2) is 0 Å². The lowest BCUT2D eigenvalue weighted by atomic mass is 10.1. The molecule has 0 aromatic carbocycles.